The number of hydrogen-bond acceptors (Lipinski definition) is 5. The van der Waals surface area contributed by atoms with Crippen molar-refractivity contribution in [3.05, 3.63) is 11.1 Å². The predicted molar refractivity (Wildman–Crippen MR) is 76.6 cm³/mol. The average molecular weight is 297 g/mol. The van der Waals surface area contributed by atoms with Gasteiger partial charge in [0, 0.05) is 24.9 Å². The Morgan fingerprint density at radius 3 is 2.70 bits per heavy atom. The molecule has 7 heteroatoms. The first-order valence-corrected chi connectivity index (χ1v) is 7.60. The van der Waals surface area contributed by atoms with Crippen LogP contribution in [-0.2, 0) is 16.1 Å². The zero-order valence-corrected chi connectivity index (χ0v) is 12.2. The maximum Gasteiger partial charge on any atom is 0.306 e. The molecular formula is C13H19N3O3S. The van der Waals surface area contributed by atoms with E-state index >= 15 is 0 Å². The summed E-state index contributed by atoms with van der Waals surface area (Å²) < 4.78 is 0. The summed E-state index contributed by atoms with van der Waals surface area (Å²) in [4.78, 5) is 26.1. The molecule has 2 rings (SSSR count). The van der Waals surface area contributed by atoms with E-state index in [1.54, 1.807) is 0 Å². The summed E-state index contributed by atoms with van der Waals surface area (Å²) in [5.74, 6) is -0.979. The molecule has 1 fully saturated rings. The number of aromatic nitrogens is 1. The number of aliphatic carboxylic acids is 1. The Kier molecular flexibility index (Phi) is 5.08. The molecular weight excluding hydrogens is 278 g/mol. The SMILES string of the molecule is CC(=O)Nc1nc(CNC2CCC(C(=O)O)CC2)cs1. The summed E-state index contributed by atoms with van der Waals surface area (Å²) in [7, 11) is 0. The number of nitrogens with zero attached hydrogens (tertiary/aromatic N) is 1. The second kappa shape index (κ2) is 6.81. The van der Waals surface area contributed by atoms with Crippen LogP contribution in [0.2, 0.25) is 0 Å². The number of carbonyl (C=O) groups excluding carboxylic acids is 1. The third-order valence-corrected chi connectivity index (χ3v) is 4.29. The van der Waals surface area contributed by atoms with Crippen LogP contribution in [0.4, 0.5) is 5.13 Å². The summed E-state index contributed by atoms with van der Waals surface area (Å²) in [6.45, 7) is 2.11. The topological polar surface area (TPSA) is 91.3 Å². The van der Waals surface area contributed by atoms with Crippen molar-refractivity contribution >= 4 is 28.3 Å². The molecule has 0 spiro atoms. The van der Waals surface area contributed by atoms with Crippen LogP contribution in [0.5, 0.6) is 0 Å². The normalized spacial score (nSPS) is 22.4. The molecule has 1 aliphatic carbocycles. The van der Waals surface area contributed by atoms with Crippen molar-refractivity contribution < 1.29 is 14.7 Å². The van der Waals surface area contributed by atoms with Crippen molar-refractivity contribution in [2.75, 3.05) is 5.32 Å². The lowest BCUT2D eigenvalue weighted by Crippen LogP contribution is -2.34. The maximum atomic E-state index is 10.9. The molecule has 0 radical (unpaired) electrons. The number of rotatable bonds is 5. The molecule has 1 aromatic rings. The fraction of sp³-hybridized carbons (Fsp3) is 0.615. The molecule has 0 atom stereocenters. The molecule has 0 saturated heterocycles. The molecule has 0 unspecified atom stereocenters. The number of carbonyl (C=O) groups is 2. The van der Waals surface area contributed by atoms with Crippen molar-refractivity contribution in [1.82, 2.24) is 10.3 Å². The molecule has 1 amide bonds. The van der Waals surface area contributed by atoms with Crippen molar-refractivity contribution in [2.45, 2.75) is 45.2 Å². The van der Waals surface area contributed by atoms with Crippen LogP contribution in [-0.4, -0.2) is 28.0 Å². The number of amides is 1. The number of carboxylic acids is 1. The second-order valence-corrected chi connectivity index (χ2v) is 5.95. The Bertz CT molecular complexity index is 481. The first-order valence-electron chi connectivity index (χ1n) is 6.73. The molecule has 20 heavy (non-hydrogen) atoms. The number of hydrogen-bond donors (Lipinski definition) is 3. The lowest BCUT2D eigenvalue weighted by molar-refractivity contribution is -0.142. The molecule has 3 N–H and O–H groups in total. The highest BCUT2D eigenvalue weighted by Crippen LogP contribution is 2.24. The number of anilines is 1. The van der Waals surface area contributed by atoms with Gasteiger partial charge in [-0.15, -0.1) is 11.3 Å². The lowest BCUT2D eigenvalue weighted by atomic mass is 9.86. The van der Waals surface area contributed by atoms with Crippen LogP contribution in [0.1, 0.15) is 38.3 Å². The van der Waals surface area contributed by atoms with Crippen LogP contribution in [0.15, 0.2) is 5.38 Å². The minimum absolute atomic E-state index is 0.120. The van der Waals surface area contributed by atoms with E-state index in [0.29, 0.717) is 17.7 Å². The van der Waals surface area contributed by atoms with E-state index in [1.807, 2.05) is 5.38 Å². The zero-order valence-electron chi connectivity index (χ0n) is 11.4. The van der Waals surface area contributed by atoms with Gasteiger partial charge in [0.25, 0.3) is 0 Å². The third kappa shape index (κ3) is 4.28. The van der Waals surface area contributed by atoms with E-state index in [-0.39, 0.29) is 11.8 Å². The van der Waals surface area contributed by atoms with Gasteiger partial charge in [-0.3, -0.25) is 9.59 Å². The Morgan fingerprint density at radius 1 is 1.40 bits per heavy atom. The number of nitrogens with one attached hydrogen (secondary N) is 2. The predicted octanol–water partition coefficient (Wildman–Crippen LogP) is 1.83. The molecule has 110 valence electrons. The Hall–Kier alpha value is -1.47. The maximum absolute atomic E-state index is 10.9. The van der Waals surface area contributed by atoms with Crippen molar-refractivity contribution in [3.63, 3.8) is 0 Å². The van der Waals surface area contributed by atoms with E-state index < -0.39 is 5.97 Å². The van der Waals surface area contributed by atoms with Gasteiger partial charge in [0.1, 0.15) is 0 Å². The van der Waals surface area contributed by atoms with E-state index in [2.05, 4.69) is 15.6 Å². The number of carboxylic acid groups (broad SMARTS) is 1. The van der Waals surface area contributed by atoms with Crippen molar-refractivity contribution in [2.24, 2.45) is 5.92 Å². The fourth-order valence-corrected chi connectivity index (χ4v) is 3.15. The first kappa shape index (κ1) is 14.9. The monoisotopic (exact) mass is 297 g/mol. The second-order valence-electron chi connectivity index (χ2n) is 5.09. The van der Waals surface area contributed by atoms with Crippen LogP contribution < -0.4 is 10.6 Å². The fourth-order valence-electron chi connectivity index (χ4n) is 2.39. The van der Waals surface area contributed by atoms with Gasteiger partial charge < -0.3 is 15.7 Å². The van der Waals surface area contributed by atoms with Gasteiger partial charge >= 0.3 is 5.97 Å². The van der Waals surface area contributed by atoms with Gasteiger partial charge in [0.2, 0.25) is 5.91 Å². The highest BCUT2D eigenvalue weighted by atomic mass is 32.1. The van der Waals surface area contributed by atoms with Gasteiger partial charge in [0.15, 0.2) is 5.13 Å². The number of thiazole rings is 1. The third-order valence-electron chi connectivity index (χ3n) is 3.48. The van der Waals surface area contributed by atoms with Crippen LogP contribution in [0.25, 0.3) is 0 Å². The minimum Gasteiger partial charge on any atom is -0.481 e. The summed E-state index contributed by atoms with van der Waals surface area (Å²) in [6, 6.07) is 0.358. The van der Waals surface area contributed by atoms with E-state index in [9.17, 15) is 9.59 Å². The molecule has 0 aliphatic heterocycles. The van der Waals surface area contributed by atoms with Crippen LogP contribution >= 0.6 is 11.3 Å². The van der Waals surface area contributed by atoms with Crippen LogP contribution in [0, 0.1) is 5.92 Å². The molecule has 0 bridgehead atoms. The standard InChI is InChI=1S/C13H19N3O3S/c1-8(17)15-13-16-11(7-20-13)6-14-10-4-2-9(3-5-10)12(18)19/h7,9-10,14H,2-6H2,1H3,(H,18,19)(H,15,16,17). The highest BCUT2D eigenvalue weighted by molar-refractivity contribution is 7.13. The van der Waals surface area contributed by atoms with Gasteiger partial charge in [-0.25, -0.2) is 4.98 Å². The summed E-state index contributed by atoms with van der Waals surface area (Å²) in [6.07, 6.45) is 3.25. The van der Waals surface area contributed by atoms with Crippen molar-refractivity contribution in [1.29, 1.82) is 0 Å². The van der Waals surface area contributed by atoms with Gasteiger partial charge in [0.05, 0.1) is 11.6 Å². The average Bonchev–Trinajstić information content (AvgIpc) is 2.83. The molecule has 1 aliphatic rings. The van der Waals surface area contributed by atoms with E-state index in [0.717, 1.165) is 31.4 Å². The van der Waals surface area contributed by atoms with Gasteiger partial charge in [-0.1, -0.05) is 0 Å². The smallest absolute Gasteiger partial charge is 0.306 e. The lowest BCUT2D eigenvalue weighted by Gasteiger charge is -2.26. The van der Waals surface area contributed by atoms with Crippen molar-refractivity contribution in [3.8, 4) is 0 Å². The molecule has 1 saturated carbocycles. The Morgan fingerprint density at radius 2 is 2.10 bits per heavy atom. The van der Waals surface area contributed by atoms with E-state index in [4.69, 9.17) is 5.11 Å². The zero-order chi connectivity index (χ0) is 14.5. The largest absolute Gasteiger partial charge is 0.481 e. The first-order chi connectivity index (χ1) is 9.54. The summed E-state index contributed by atoms with van der Waals surface area (Å²) in [5.41, 5.74) is 0.902. The summed E-state index contributed by atoms with van der Waals surface area (Å²) in [5, 5.41) is 17.5. The molecule has 6 nitrogen and oxygen atoms in total. The van der Waals surface area contributed by atoms with Gasteiger partial charge in [-0.05, 0) is 25.7 Å². The molecule has 0 aromatic carbocycles. The van der Waals surface area contributed by atoms with Gasteiger partial charge in [-0.2, -0.15) is 0 Å². The Balaban J connectivity index is 1.74. The molecule has 1 aromatic heterocycles. The Labute approximate surface area is 121 Å². The molecule has 1 heterocycles. The minimum atomic E-state index is -0.678. The van der Waals surface area contributed by atoms with E-state index in [1.165, 1.54) is 18.3 Å². The highest BCUT2D eigenvalue weighted by Gasteiger charge is 2.25. The summed E-state index contributed by atoms with van der Waals surface area (Å²) >= 11 is 1.41. The van der Waals surface area contributed by atoms with Crippen LogP contribution in [0.3, 0.4) is 0 Å². The quantitative estimate of drug-likeness (QED) is 0.771.